The Kier molecular flexibility index (Phi) is 9.11. The molecule has 0 aliphatic carbocycles. The van der Waals surface area contributed by atoms with Crippen molar-refractivity contribution in [3.8, 4) is 5.75 Å². The molecule has 2 N–H and O–H groups in total. The highest BCUT2D eigenvalue weighted by Crippen LogP contribution is 2.29. The van der Waals surface area contributed by atoms with Crippen LogP contribution in [0.5, 0.6) is 5.75 Å². The summed E-state index contributed by atoms with van der Waals surface area (Å²) < 4.78 is 42.5. The quantitative estimate of drug-likeness (QED) is 0.224. The Morgan fingerprint density at radius 2 is 1.85 bits per heavy atom. The van der Waals surface area contributed by atoms with Crippen molar-refractivity contribution in [3.63, 3.8) is 0 Å². The van der Waals surface area contributed by atoms with Gasteiger partial charge in [-0.25, -0.2) is 0 Å². The summed E-state index contributed by atoms with van der Waals surface area (Å²) in [4.78, 5) is 10.5. The molecule has 0 amide bonds. The van der Waals surface area contributed by atoms with Crippen molar-refractivity contribution in [1.82, 2.24) is 20.3 Å². The van der Waals surface area contributed by atoms with Gasteiger partial charge in [0.15, 0.2) is 0 Å². The summed E-state index contributed by atoms with van der Waals surface area (Å²) in [7, 11) is -2.95. The molecular formula is C21H33N5O7S. The number of aryl methyl sites for hydroxylation is 2. The number of nitrogens with one attached hydrogen (secondary N) is 1. The molecule has 0 saturated heterocycles. The molecule has 1 heterocycles. The number of ether oxygens (including phenoxy) is 1. The van der Waals surface area contributed by atoms with Crippen LogP contribution in [-0.4, -0.2) is 59.7 Å². The van der Waals surface area contributed by atoms with Gasteiger partial charge in [-0.15, -0.1) is 5.10 Å². The molecule has 2 rings (SSSR count). The lowest BCUT2D eigenvalue weighted by Crippen LogP contribution is -2.34. The summed E-state index contributed by atoms with van der Waals surface area (Å²) in [6.45, 7) is 11.1. The van der Waals surface area contributed by atoms with E-state index >= 15 is 0 Å². The lowest BCUT2D eigenvalue weighted by atomic mass is 9.93. The van der Waals surface area contributed by atoms with Crippen LogP contribution >= 0.6 is 0 Å². The molecule has 12 nitrogen and oxygen atoms in total. The van der Waals surface area contributed by atoms with Gasteiger partial charge in [0.2, 0.25) is 5.75 Å². The minimum absolute atomic E-state index is 0.0387. The lowest BCUT2D eigenvalue weighted by Gasteiger charge is -2.28. The second-order valence-corrected chi connectivity index (χ2v) is 10.9. The Bertz CT molecular complexity index is 1080. The van der Waals surface area contributed by atoms with Crippen LogP contribution in [0.2, 0.25) is 0 Å². The molecule has 0 saturated carbocycles. The minimum Gasteiger partial charge on any atom is -0.380 e. The van der Waals surface area contributed by atoms with Crippen molar-refractivity contribution in [2.45, 2.75) is 47.1 Å². The zero-order valence-electron chi connectivity index (χ0n) is 20.1. The second-order valence-electron chi connectivity index (χ2n) is 9.83. The van der Waals surface area contributed by atoms with Gasteiger partial charge in [-0.05, 0) is 31.5 Å². The average Bonchev–Trinajstić information content (AvgIpc) is 3.11. The molecule has 2 aromatic rings. The van der Waals surface area contributed by atoms with E-state index in [1.807, 2.05) is 13.2 Å². The van der Waals surface area contributed by atoms with Gasteiger partial charge in [-0.2, -0.15) is 8.42 Å². The molecule has 1 aromatic heterocycles. The van der Waals surface area contributed by atoms with Crippen LogP contribution in [-0.2, 0) is 34.5 Å². The predicted octanol–water partition coefficient (Wildman–Crippen LogP) is 2.44. The van der Waals surface area contributed by atoms with Gasteiger partial charge >= 0.3 is 16.1 Å². The molecule has 0 atom stereocenters. The zero-order valence-corrected chi connectivity index (χ0v) is 21.0. The fourth-order valence-electron chi connectivity index (χ4n) is 3.47. The summed E-state index contributed by atoms with van der Waals surface area (Å²) >= 11 is 0. The van der Waals surface area contributed by atoms with Crippen LogP contribution in [0.15, 0.2) is 24.4 Å². The van der Waals surface area contributed by atoms with Gasteiger partial charge in [0.05, 0.1) is 23.8 Å². The summed E-state index contributed by atoms with van der Waals surface area (Å²) in [6.07, 6.45) is 2.72. The Labute approximate surface area is 199 Å². The molecule has 0 unspecified atom stereocenters. The Hall–Kier alpha value is -2.61. The predicted molar refractivity (Wildman–Crippen MR) is 125 cm³/mol. The molecule has 13 heteroatoms. The minimum atomic E-state index is -4.87. The van der Waals surface area contributed by atoms with E-state index in [1.165, 1.54) is 12.1 Å². The van der Waals surface area contributed by atoms with Crippen molar-refractivity contribution < 1.29 is 26.8 Å². The van der Waals surface area contributed by atoms with E-state index in [-0.39, 0.29) is 10.8 Å². The summed E-state index contributed by atoms with van der Waals surface area (Å²) in [5.74, 6) is -0.555. The standard InChI is InChI=1S/C21H33N5O7S/c1-20(2,12-22-5)14-32-15-21(3,4)13-25-11-17(23-24-25)8-6-16-7-9-19(33-34(29,30)31)18(10-16)26(27)28/h7,9-11,22H,6,8,12-15H2,1-5H3,(H,29,30,31). The molecule has 0 bridgehead atoms. The molecule has 0 aliphatic rings. The summed E-state index contributed by atoms with van der Waals surface area (Å²) in [6, 6.07) is 3.84. The van der Waals surface area contributed by atoms with E-state index in [4.69, 9.17) is 9.29 Å². The maximum Gasteiger partial charge on any atom is 0.446 e. The molecular weight excluding hydrogens is 466 g/mol. The molecule has 0 radical (unpaired) electrons. The highest BCUT2D eigenvalue weighted by molar-refractivity contribution is 7.81. The van der Waals surface area contributed by atoms with Gasteiger partial charge < -0.3 is 14.2 Å². The van der Waals surface area contributed by atoms with Gasteiger partial charge in [0.25, 0.3) is 0 Å². The van der Waals surface area contributed by atoms with Crippen molar-refractivity contribution in [2.24, 2.45) is 10.8 Å². The molecule has 1 aromatic carbocycles. The number of benzene rings is 1. The molecule has 0 spiro atoms. The van der Waals surface area contributed by atoms with E-state index in [2.05, 4.69) is 47.5 Å². The normalized spacial score (nSPS) is 12.6. The Morgan fingerprint density at radius 3 is 2.47 bits per heavy atom. The smallest absolute Gasteiger partial charge is 0.380 e. The maximum atomic E-state index is 11.2. The number of nitro groups is 1. The third-order valence-corrected chi connectivity index (χ3v) is 5.29. The van der Waals surface area contributed by atoms with Crippen LogP contribution in [0.3, 0.4) is 0 Å². The highest BCUT2D eigenvalue weighted by atomic mass is 32.3. The van der Waals surface area contributed by atoms with Crippen molar-refractivity contribution in [3.05, 3.63) is 45.8 Å². The molecule has 190 valence electrons. The largest absolute Gasteiger partial charge is 0.446 e. The lowest BCUT2D eigenvalue weighted by molar-refractivity contribution is -0.385. The number of nitro benzene ring substituents is 1. The molecule has 0 aliphatic heterocycles. The van der Waals surface area contributed by atoms with E-state index in [1.54, 1.807) is 4.68 Å². The van der Waals surface area contributed by atoms with E-state index in [0.717, 1.165) is 12.6 Å². The van der Waals surface area contributed by atoms with Crippen LogP contribution in [0.1, 0.15) is 39.0 Å². The first-order chi connectivity index (χ1) is 15.7. The van der Waals surface area contributed by atoms with Crippen LogP contribution in [0.4, 0.5) is 5.69 Å². The third-order valence-electron chi connectivity index (χ3n) is 4.90. The van der Waals surface area contributed by atoms with Crippen LogP contribution in [0.25, 0.3) is 0 Å². The van der Waals surface area contributed by atoms with E-state index in [0.29, 0.717) is 43.9 Å². The molecule has 0 fully saturated rings. The average molecular weight is 500 g/mol. The number of nitrogens with zero attached hydrogens (tertiary/aromatic N) is 4. The fourth-order valence-corrected chi connectivity index (χ4v) is 3.83. The zero-order chi connectivity index (χ0) is 25.6. The first kappa shape index (κ1) is 27.6. The SMILES string of the molecule is CNCC(C)(C)COCC(C)(C)Cn1cc(CCc2ccc(OS(=O)(=O)O)c([N+](=O)[O-])c2)nn1. The monoisotopic (exact) mass is 499 g/mol. The van der Waals surface area contributed by atoms with Gasteiger partial charge in [-0.1, -0.05) is 39.0 Å². The number of rotatable bonds is 14. The van der Waals surface area contributed by atoms with E-state index in [9.17, 15) is 18.5 Å². The first-order valence-electron chi connectivity index (χ1n) is 10.8. The first-order valence-corrected chi connectivity index (χ1v) is 12.1. The third kappa shape index (κ3) is 9.33. The van der Waals surface area contributed by atoms with Gasteiger partial charge in [-0.3, -0.25) is 19.3 Å². The van der Waals surface area contributed by atoms with Gasteiger partial charge in [0.1, 0.15) is 0 Å². The molecule has 34 heavy (non-hydrogen) atoms. The maximum absolute atomic E-state index is 11.2. The topological polar surface area (TPSA) is 159 Å². The van der Waals surface area contributed by atoms with Crippen molar-refractivity contribution >= 4 is 16.1 Å². The van der Waals surface area contributed by atoms with Crippen LogP contribution < -0.4 is 9.50 Å². The second kappa shape index (κ2) is 11.2. The van der Waals surface area contributed by atoms with Crippen LogP contribution in [0, 0.1) is 20.9 Å². The van der Waals surface area contributed by atoms with Crippen molar-refractivity contribution in [2.75, 3.05) is 26.8 Å². The Morgan fingerprint density at radius 1 is 1.18 bits per heavy atom. The number of hydrogen-bond donors (Lipinski definition) is 2. The summed E-state index contributed by atoms with van der Waals surface area (Å²) in [5.41, 5.74) is 0.620. The van der Waals surface area contributed by atoms with Crippen molar-refractivity contribution in [1.29, 1.82) is 0 Å². The number of aromatic nitrogens is 3. The summed E-state index contributed by atoms with van der Waals surface area (Å²) in [5, 5.41) is 22.8. The Balaban J connectivity index is 1.95. The highest BCUT2D eigenvalue weighted by Gasteiger charge is 2.24. The van der Waals surface area contributed by atoms with E-state index < -0.39 is 26.8 Å². The number of hydrogen-bond acceptors (Lipinski definition) is 9. The fraction of sp³-hybridized carbons (Fsp3) is 0.619. The van der Waals surface area contributed by atoms with Gasteiger partial charge in [0, 0.05) is 36.2 Å².